The number of H-pyrrole nitrogens is 1. The highest BCUT2D eigenvalue weighted by atomic mass is 19.1. The highest BCUT2D eigenvalue weighted by Crippen LogP contribution is 2.45. The van der Waals surface area contributed by atoms with Gasteiger partial charge in [0.05, 0.1) is 13.3 Å². The second-order valence-electron chi connectivity index (χ2n) is 8.33. The Morgan fingerprint density at radius 2 is 2.00 bits per heavy atom. The molecule has 0 amide bonds. The van der Waals surface area contributed by atoms with Crippen LogP contribution in [0.5, 0.6) is 5.75 Å². The fraction of sp³-hybridized carbons (Fsp3) is 0.409. The molecule has 3 N–H and O–H groups in total. The normalized spacial score (nSPS) is 19.7. The Hall–Kier alpha value is -3.20. The molecule has 0 aromatic carbocycles. The molecule has 2 atom stereocenters. The smallest absolute Gasteiger partial charge is 0.333 e. The van der Waals surface area contributed by atoms with Crippen LogP contribution in [0, 0.1) is 11.7 Å². The van der Waals surface area contributed by atoms with E-state index in [2.05, 4.69) is 9.97 Å². The van der Waals surface area contributed by atoms with E-state index < -0.39 is 17.1 Å². The van der Waals surface area contributed by atoms with Gasteiger partial charge in [0.15, 0.2) is 11.6 Å². The molecular weight excluding hydrogens is 401 g/mol. The van der Waals surface area contributed by atoms with Crippen molar-refractivity contribution in [1.29, 1.82) is 0 Å². The summed E-state index contributed by atoms with van der Waals surface area (Å²) in [6.45, 7) is 1.14. The van der Waals surface area contributed by atoms with Crippen LogP contribution in [-0.4, -0.2) is 34.6 Å². The Morgan fingerprint density at radius 1 is 1.26 bits per heavy atom. The maximum absolute atomic E-state index is 15.3. The Kier molecular flexibility index (Phi) is 4.77. The molecule has 1 aliphatic carbocycles. The molecule has 4 heterocycles. The van der Waals surface area contributed by atoms with E-state index in [0.29, 0.717) is 24.2 Å². The van der Waals surface area contributed by atoms with Crippen LogP contribution in [0.3, 0.4) is 0 Å². The van der Waals surface area contributed by atoms with Crippen molar-refractivity contribution in [3.8, 4) is 5.75 Å². The number of nitrogens with two attached hydrogens (primary N) is 1. The maximum atomic E-state index is 15.3. The molecule has 5 rings (SSSR count). The number of nitrogens with one attached hydrogen (secondary N) is 1. The van der Waals surface area contributed by atoms with Gasteiger partial charge in [-0.2, -0.15) is 0 Å². The maximum Gasteiger partial charge on any atom is 0.333 e. The predicted octanol–water partition coefficient (Wildman–Crippen LogP) is 1.93. The van der Waals surface area contributed by atoms with Crippen LogP contribution in [-0.2, 0) is 0 Å². The average Bonchev–Trinajstić information content (AvgIpc) is 3.49. The number of nitrogens with zero attached hydrogens (tertiary/aromatic N) is 3. The molecule has 2 unspecified atom stereocenters. The number of halogens is 1. The molecule has 3 aromatic rings. The van der Waals surface area contributed by atoms with Crippen molar-refractivity contribution in [3.63, 3.8) is 0 Å². The lowest BCUT2D eigenvalue weighted by molar-refractivity contribution is 0.412. The van der Waals surface area contributed by atoms with Crippen molar-refractivity contribution >= 4 is 11.2 Å². The zero-order chi connectivity index (χ0) is 21.7. The summed E-state index contributed by atoms with van der Waals surface area (Å²) in [5.74, 6) is -0.174. The third-order valence-electron chi connectivity index (χ3n) is 6.41. The fourth-order valence-electron chi connectivity index (χ4n) is 4.69. The molecule has 0 bridgehead atoms. The van der Waals surface area contributed by atoms with Gasteiger partial charge in [-0.05, 0) is 48.8 Å². The number of ether oxygens (including phenoxy) is 1. The van der Waals surface area contributed by atoms with Gasteiger partial charge in [-0.25, -0.2) is 9.18 Å². The van der Waals surface area contributed by atoms with Crippen molar-refractivity contribution < 1.29 is 9.13 Å². The summed E-state index contributed by atoms with van der Waals surface area (Å²) in [5.41, 5.74) is 7.49. The molecule has 31 heavy (non-hydrogen) atoms. The van der Waals surface area contributed by atoms with E-state index in [1.807, 2.05) is 17.0 Å². The van der Waals surface area contributed by atoms with Gasteiger partial charge >= 0.3 is 5.69 Å². The minimum absolute atomic E-state index is 0.0537. The summed E-state index contributed by atoms with van der Waals surface area (Å²) in [6, 6.07) is 3.59. The summed E-state index contributed by atoms with van der Waals surface area (Å²) in [5, 5.41) is 0. The quantitative estimate of drug-likeness (QED) is 0.647. The Balaban J connectivity index is 1.59. The summed E-state index contributed by atoms with van der Waals surface area (Å²) < 4.78 is 22.1. The third kappa shape index (κ3) is 3.29. The lowest BCUT2D eigenvalue weighted by Crippen LogP contribution is -2.31. The standard InChI is InChI=1S/C22H24FN5O3/c1-31-20-18(27-9-6-14(10-27)17(24)13-4-7-25-8-5-13)15(23)11-28-19(20)16(12-2-3-12)21(29)26-22(28)30/h4-5,7-8,11-12,14,17H,2-3,6,9-10,24H2,1H3,(H,26,29,30). The van der Waals surface area contributed by atoms with Crippen LogP contribution in [0.2, 0.25) is 0 Å². The van der Waals surface area contributed by atoms with Crippen LogP contribution in [0.1, 0.15) is 42.3 Å². The number of aromatic nitrogens is 3. The first kappa shape index (κ1) is 19.7. The SMILES string of the molecule is COc1c(N2CCC(C(N)c3ccncc3)C2)c(F)cn2c(=O)[nH]c(=O)c(C3CC3)c12. The number of fused-ring (bicyclic) bond motifs is 1. The molecule has 162 valence electrons. The molecular formula is C22H24FN5O3. The largest absolute Gasteiger partial charge is 0.492 e. The number of hydrogen-bond donors (Lipinski definition) is 2. The topological polar surface area (TPSA) is 106 Å². The molecule has 9 heteroatoms. The predicted molar refractivity (Wildman–Crippen MR) is 114 cm³/mol. The van der Waals surface area contributed by atoms with E-state index >= 15 is 4.39 Å². The number of hydrogen-bond acceptors (Lipinski definition) is 6. The summed E-state index contributed by atoms with van der Waals surface area (Å²) >= 11 is 0. The molecule has 2 fully saturated rings. The average molecular weight is 425 g/mol. The van der Waals surface area contributed by atoms with E-state index in [-0.39, 0.29) is 29.3 Å². The van der Waals surface area contributed by atoms with Crippen LogP contribution in [0.25, 0.3) is 5.52 Å². The second-order valence-corrected chi connectivity index (χ2v) is 8.33. The van der Waals surface area contributed by atoms with E-state index in [1.165, 1.54) is 7.11 Å². The first-order valence-corrected chi connectivity index (χ1v) is 10.4. The molecule has 1 saturated heterocycles. The zero-order valence-electron chi connectivity index (χ0n) is 17.2. The van der Waals surface area contributed by atoms with Crippen LogP contribution < -0.4 is 26.6 Å². The van der Waals surface area contributed by atoms with Crippen LogP contribution in [0.4, 0.5) is 10.1 Å². The number of rotatable bonds is 5. The highest BCUT2D eigenvalue weighted by Gasteiger charge is 2.35. The van der Waals surface area contributed by atoms with Gasteiger partial charge in [0.2, 0.25) is 0 Å². The van der Waals surface area contributed by atoms with Gasteiger partial charge in [0.1, 0.15) is 11.2 Å². The third-order valence-corrected chi connectivity index (χ3v) is 6.41. The molecule has 8 nitrogen and oxygen atoms in total. The number of pyridine rings is 2. The monoisotopic (exact) mass is 425 g/mol. The number of aromatic amines is 1. The van der Waals surface area contributed by atoms with E-state index in [1.54, 1.807) is 12.4 Å². The molecule has 0 spiro atoms. The van der Waals surface area contributed by atoms with E-state index in [9.17, 15) is 9.59 Å². The molecule has 2 aliphatic rings. The van der Waals surface area contributed by atoms with Crippen LogP contribution >= 0.6 is 0 Å². The number of methoxy groups -OCH3 is 1. The molecule has 3 aromatic heterocycles. The summed E-state index contributed by atoms with van der Waals surface area (Å²) in [7, 11) is 1.44. The van der Waals surface area contributed by atoms with E-state index in [4.69, 9.17) is 10.5 Å². The van der Waals surface area contributed by atoms with Crippen molar-refractivity contribution in [2.75, 3.05) is 25.1 Å². The lowest BCUT2D eigenvalue weighted by atomic mass is 9.94. The first-order chi connectivity index (χ1) is 15.0. The first-order valence-electron chi connectivity index (χ1n) is 10.4. The van der Waals surface area contributed by atoms with E-state index in [0.717, 1.165) is 35.4 Å². The van der Waals surface area contributed by atoms with Gasteiger partial charge in [0, 0.05) is 37.1 Å². The molecule has 1 aliphatic heterocycles. The van der Waals surface area contributed by atoms with Crippen molar-refractivity contribution in [2.24, 2.45) is 11.7 Å². The summed E-state index contributed by atoms with van der Waals surface area (Å²) in [4.78, 5) is 33.2. The molecule has 0 radical (unpaired) electrons. The van der Waals surface area contributed by atoms with Gasteiger partial charge in [0.25, 0.3) is 5.56 Å². The fourth-order valence-corrected chi connectivity index (χ4v) is 4.69. The van der Waals surface area contributed by atoms with Gasteiger partial charge < -0.3 is 15.4 Å². The van der Waals surface area contributed by atoms with Gasteiger partial charge in [-0.3, -0.25) is 19.2 Å². The van der Waals surface area contributed by atoms with Crippen molar-refractivity contribution in [1.82, 2.24) is 14.4 Å². The number of anilines is 1. The Morgan fingerprint density at radius 3 is 2.68 bits per heavy atom. The highest BCUT2D eigenvalue weighted by molar-refractivity contribution is 5.78. The van der Waals surface area contributed by atoms with Gasteiger partial charge in [-0.1, -0.05) is 0 Å². The molecule has 1 saturated carbocycles. The van der Waals surface area contributed by atoms with Crippen molar-refractivity contribution in [2.45, 2.75) is 31.2 Å². The minimum Gasteiger partial charge on any atom is -0.492 e. The van der Waals surface area contributed by atoms with Crippen molar-refractivity contribution in [3.05, 3.63) is 68.5 Å². The zero-order valence-corrected chi connectivity index (χ0v) is 17.2. The Labute approximate surface area is 177 Å². The minimum atomic E-state index is -0.674. The second kappa shape index (κ2) is 7.49. The van der Waals surface area contributed by atoms with Crippen LogP contribution in [0.15, 0.2) is 40.3 Å². The lowest BCUT2D eigenvalue weighted by Gasteiger charge is -2.25. The Bertz CT molecular complexity index is 1250. The van der Waals surface area contributed by atoms with Gasteiger partial charge in [-0.15, -0.1) is 0 Å². The summed E-state index contributed by atoms with van der Waals surface area (Å²) in [6.07, 6.45) is 7.08.